The number of aliphatic carboxylic acids is 1. The van der Waals surface area contributed by atoms with E-state index in [1.54, 1.807) is 24.3 Å². The third-order valence-corrected chi connectivity index (χ3v) is 6.43. The third-order valence-electron chi connectivity index (χ3n) is 6.43. The van der Waals surface area contributed by atoms with Crippen molar-refractivity contribution in [2.45, 2.75) is 64.4 Å². The summed E-state index contributed by atoms with van der Waals surface area (Å²) in [7, 11) is 0. The van der Waals surface area contributed by atoms with Crippen molar-refractivity contribution in [3.8, 4) is 5.75 Å². The Bertz CT molecular complexity index is 748. The van der Waals surface area contributed by atoms with Crippen LogP contribution in [0.15, 0.2) is 24.3 Å². The summed E-state index contributed by atoms with van der Waals surface area (Å²) < 4.78 is 5.95. The molecule has 3 rings (SSSR count). The number of ether oxygens (including phenoxy) is 1. The number of nitrogens with one attached hydrogen (secondary N) is 1. The van der Waals surface area contributed by atoms with Crippen molar-refractivity contribution in [2.24, 2.45) is 11.8 Å². The number of hydrogen-bond acceptors (Lipinski definition) is 4. The molecule has 2 amide bonds. The Morgan fingerprint density at radius 2 is 1.68 bits per heavy atom. The third kappa shape index (κ3) is 6.97. The Kier molecular flexibility index (Phi) is 8.32. The molecule has 1 aromatic rings. The lowest BCUT2D eigenvalue weighted by Gasteiger charge is -2.30. The molecule has 7 heteroatoms. The number of piperidine rings is 1. The van der Waals surface area contributed by atoms with E-state index in [4.69, 9.17) is 9.84 Å². The van der Waals surface area contributed by atoms with Gasteiger partial charge in [-0.1, -0.05) is 6.92 Å². The number of rotatable bonds is 8. The fraction of sp³-hybridized carbons (Fsp3) is 0.625. The van der Waals surface area contributed by atoms with Gasteiger partial charge in [0.05, 0.1) is 12.0 Å². The molecule has 1 aromatic carbocycles. The van der Waals surface area contributed by atoms with E-state index >= 15 is 0 Å². The van der Waals surface area contributed by atoms with Gasteiger partial charge < -0.3 is 20.1 Å². The number of benzene rings is 1. The second kappa shape index (κ2) is 11.2. The van der Waals surface area contributed by atoms with Gasteiger partial charge in [-0.25, -0.2) is 4.79 Å². The zero-order chi connectivity index (χ0) is 22.2. The monoisotopic (exact) mass is 430 g/mol. The normalized spacial score (nSPS) is 22.0. The van der Waals surface area contributed by atoms with Gasteiger partial charge in [0.15, 0.2) is 5.78 Å². The molecule has 1 heterocycles. The van der Waals surface area contributed by atoms with Gasteiger partial charge in [0.2, 0.25) is 0 Å². The second-order valence-corrected chi connectivity index (χ2v) is 8.88. The van der Waals surface area contributed by atoms with Crippen LogP contribution < -0.4 is 10.1 Å². The fourth-order valence-corrected chi connectivity index (χ4v) is 4.25. The number of carboxylic acids is 1. The molecular weight excluding hydrogens is 396 g/mol. The predicted molar refractivity (Wildman–Crippen MR) is 117 cm³/mol. The Morgan fingerprint density at radius 1 is 1.03 bits per heavy atom. The first-order chi connectivity index (χ1) is 14.9. The average Bonchev–Trinajstić information content (AvgIpc) is 2.78. The summed E-state index contributed by atoms with van der Waals surface area (Å²) in [6.07, 6.45) is 5.89. The molecule has 0 unspecified atom stereocenters. The summed E-state index contributed by atoms with van der Waals surface area (Å²) >= 11 is 0. The summed E-state index contributed by atoms with van der Waals surface area (Å²) in [6.45, 7) is 4.32. The number of likely N-dealkylation sites (tertiary alicyclic amines) is 1. The standard InChI is InChI=1S/C24H34N2O5/c1-17-12-15-26(16-13-17)24(30)25-14-2-3-22(27)18-4-8-20(9-5-18)31-21-10-6-19(7-11-21)23(28)29/h4-5,8-9,17,19,21H,2-3,6-7,10-16H2,1H3,(H,25,30)(H,28,29). The van der Waals surface area contributed by atoms with E-state index in [2.05, 4.69) is 12.2 Å². The van der Waals surface area contributed by atoms with E-state index in [9.17, 15) is 14.4 Å². The molecule has 31 heavy (non-hydrogen) atoms. The van der Waals surface area contributed by atoms with Crippen LogP contribution in [0.4, 0.5) is 4.79 Å². The Balaban J connectivity index is 1.34. The number of carbonyl (C=O) groups excluding carboxylic acids is 2. The number of carboxylic acid groups (broad SMARTS) is 1. The van der Waals surface area contributed by atoms with Crippen molar-refractivity contribution in [1.29, 1.82) is 0 Å². The highest BCUT2D eigenvalue weighted by Gasteiger charge is 2.27. The van der Waals surface area contributed by atoms with Crippen molar-refractivity contribution >= 4 is 17.8 Å². The molecule has 2 fully saturated rings. The summed E-state index contributed by atoms with van der Waals surface area (Å²) in [4.78, 5) is 37.5. The number of urea groups is 1. The van der Waals surface area contributed by atoms with Gasteiger partial charge in [0.1, 0.15) is 5.75 Å². The van der Waals surface area contributed by atoms with Crippen molar-refractivity contribution in [3.05, 3.63) is 29.8 Å². The van der Waals surface area contributed by atoms with Crippen LogP contribution in [0.2, 0.25) is 0 Å². The molecule has 7 nitrogen and oxygen atoms in total. The number of carbonyl (C=O) groups is 3. The van der Waals surface area contributed by atoms with Gasteiger partial charge in [-0.15, -0.1) is 0 Å². The van der Waals surface area contributed by atoms with Crippen LogP contribution in [0.5, 0.6) is 5.75 Å². The minimum atomic E-state index is -0.720. The van der Waals surface area contributed by atoms with Crippen LogP contribution in [0.1, 0.15) is 68.6 Å². The van der Waals surface area contributed by atoms with Gasteiger partial charge in [0, 0.05) is 31.6 Å². The highest BCUT2D eigenvalue weighted by molar-refractivity contribution is 5.96. The first kappa shape index (κ1) is 23.1. The predicted octanol–water partition coefficient (Wildman–Crippen LogP) is 4.11. The highest BCUT2D eigenvalue weighted by atomic mass is 16.5. The largest absolute Gasteiger partial charge is 0.490 e. The average molecular weight is 431 g/mol. The fourth-order valence-electron chi connectivity index (χ4n) is 4.25. The van der Waals surface area contributed by atoms with E-state index in [1.807, 2.05) is 4.90 Å². The molecule has 0 aromatic heterocycles. The molecule has 2 N–H and O–H groups in total. The van der Waals surface area contributed by atoms with Crippen LogP contribution in [-0.2, 0) is 4.79 Å². The quantitative estimate of drug-likeness (QED) is 0.478. The zero-order valence-electron chi connectivity index (χ0n) is 18.3. The van der Waals surface area contributed by atoms with Crippen molar-refractivity contribution in [2.75, 3.05) is 19.6 Å². The van der Waals surface area contributed by atoms with Crippen LogP contribution >= 0.6 is 0 Å². The zero-order valence-corrected chi connectivity index (χ0v) is 18.3. The first-order valence-electron chi connectivity index (χ1n) is 11.5. The number of Topliss-reactive ketones (excluding diaryl/α,β-unsaturated/α-hetero) is 1. The van der Waals surface area contributed by atoms with E-state index < -0.39 is 5.97 Å². The van der Waals surface area contributed by atoms with Gasteiger partial charge in [-0.2, -0.15) is 0 Å². The second-order valence-electron chi connectivity index (χ2n) is 8.88. The van der Waals surface area contributed by atoms with Gasteiger partial charge in [0.25, 0.3) is 0 Å². The topological polar surface area (TPSA) is 95.9 Å². The van der Waals surface area contributed by atoms with E-state index in [-0.39, 0.29) is 23.8 Å². The molecular formula is C24H34N2O5. The maximum atomic E-state index is 12.4. The lowest BCUT2D eigenvalue weighted by Crippen LogP contribution is -2.44. The van der Waals surface area contributed by atoms with Gasteiger partial charge in [-0.05, 0) is 75.1 Å². The maximum absolute atomic E-state index is 12.4. The number of amides is 2. The number of nitrogens with zero attached hydrogens (tertiary/aromatic N) is 1. The van der Waals surface area contributed by atoms with Crippen LogP contribution in [0, 0.1) is 11.8 Å². The van der Waals surface area contributed by atoms with E-state index in [1.165, 1.54) is 0 Å². The smallest absolute Gasteiger partial charge is 0.317 e. The van der Waals surface area contributed by atoms with Gasteiger partial charge >= 0.3 is 12.0 Å². The maximum Gasteiger partial charge on any atom is 0.317 e. The number of ketones is 1. The molecule has 0 atom stereocenters. The summed E-state index contributed by atoms with van der Waals surface area (Å²) in [5, 5.41) is 12.0. The lowest BCUT2D eigenvalue weighted by atomic mass is 9.87. The molecule has 1 saturated carbocycles. The molecule has 2 aliphatic rings. The summed E-state index contributed by atoms with van der Waals surface area (Å²) in [5.41, 5.74) is 0.637. The minimum absolute atomic E-state index is 0.0294. The summed E-state index contributed by atoms with van der Waals surface area (Å²) in [5.74, 6) is 0.466. The minimum Gasteiger partial charge on any atom is -0.490 e. The highest BCUT2D eigenvalue weighted by Crippen LogP contribution is 2.28. The van der Waals surface area contributed by atoms with Gasteiger partial charge in [-0.3, -0.25) is 9.59 Å². The summed E-state index contributed by atoms with van der Waals surface area (Å²) in [6, 6.07) is 7.12. The Morgan fingerprint density at radius 3 is 2.29 bits per heavy atom. The van der Waals surface area contributed by atoms with Crippen molar-refractivity contribution in [3.63, 3.8) is 0 Å². The lowest BCUT2D eigenvalue weighted by molar-refractivity contribution is -0.143. The molecule has 170 valence electrons. The van der Waals surface area contributed by atoms with Crippen LogP contribution in [0.3, 0.4) is 0 Å². The molecule has 1 saturated heterocycles. The Labute approximate surface area is 184 Å². The molecule has 0 spiro atoms. The molecule has 0 bridgehead atoms. The number of hydrogen-bond donors (Lipinski definition) is 2. The molecule has 0 radical (unpaired) electrons. The Hall–Kier alpha value is -2.57. The van der Waals surface area contributed by atoms with Crippen molar-refractivity contribution < 1.29 is 24.2 Å². The van der Waals surface area contributed by atoms with Crippen LogP contribution in [-0.4, -0.2) is 53.5 Å². The van der Waals surface area contributed by atoms with Crippen molar-refractivity contribution in [1.82, 2.24) is 10.2 Å². The van der Waals surface area contributed by atoms with E-state index in [0.29, 0.717) is 49.5 Å². The van der Waals surface area contributed by atoms with Crippen LogP contribution in [0.25, 0.3) is 0 Å². The SMILES string of the molecule is CC1CCN(C(=O)NCCCC(=O)c2ccc(OC3CCC(C(=O)O)CC3)cc2)CC1. The first-order valence-corrected chi connectivity index (χ1v) is 11.5. The molecule has 1 aliphatic carbocycles. The van der Waals surface area contributed by atoms with E-state index in [0.717, 1.165) is 38.8 Å². The molecule has 1 aliphatic heterocycles.